The summed E-state index contributed by atoms with van der Waals surface area (Å²) in [4.78, 5) is 15.7. The predicted octanol–water partition coefficient (Wildman–Crippen LogP) is 4.01. The van der Waals surface area contributed by atoms with E-state index in [1.54, 1.807) is 19.6 Å². The third kappa shape index (κ3) is 5.14. The molecule has 1 unspecified atom stereocenters. The van der Waals surface area contributed by atoms with Gasteiger partial charge in [0, 0.05) is 44.3 Å². The van der Waals surface area contributed by atoms with Crippen LogP contribution in [-0.2, 0) is 24.3 Å². The molecule has 0 radical (unpaired) electrons. The highest BCUT2D eigenvalue weighted by Crippen LogP contribution is 2.33. The van der Waals surface area contributed by atoms with Crippen LogP contribution in [0, 0.1) is 0 Å². The van der Waals surface area contributed by atoms with Gasteiger partial charge in [-0.2, -0.15) is 4.98 Å². The van der Waals surface area contributed by atoms with Gasteiger partial charge in [-0.3, -0.25) is 4.90 Å². The topological polar surface area (TPSA) is 86.4 Å². The van der Waals surface area contributed by atoms with Crippen LogP contribution in [-0.4, -0.2) is 51.3 Å². The number of methoxy groups -OCH3 is 1. The highest BCUT2D eigenvalue weighted by atomic mass is 16.5. The molecule has 0 aliphatic carbocycles. The van der Waals surface area contributed by atoms with Gasteiger partial charge in [-0.1, -0.05) is 18.1 Å². The molecule has 0 amide bonds. The van der Waals surface area contributed by atoms with Crippen molar-refractivity contribution in [1.82, 2.24) is 25.0 Å². The van der Waals surface area contributed by atoms with Crippen LogP contribution in [0.5, 0.6) is 5.75 Å². The zero-order valence-electron chi connectivity index (χ0n) is 19.2. The Balaban J connectivity index is 1.47. The molecule has 8 nitrogen and oxygen atoms in total. The van der Waals surface area contributed by atoms with Crippen molar-refractivity contribution in [3.05, 3.63) is 53.4 Å². The number of likely N-dealkylation sites (tertiary alicyclic amines) is 1. The van der Waals surface area contributed by atoms with Crippen LogP contribution in [0.15, 0.2) is 35.2 Å². The van der Waals surface area contributed by atoms with Crippen molar-refractivity contribution in [3.63, 3.8) is 0 Å². The van der Waals surface area contributed by atoms with E-state index in [4.69, 9.17) is 14.0 Å². The second-order valence-corrected chi connectivity index (χ2v) is 8.45. The van der Waals surface area contributed by atoms with Crippen LogP contribution < -0.4 is 4.74 Å². The molecule has 2 aromatic heterocycles. The lowest BCUT2D eigenvalue weighted by Crippen LogP contribution is -2.20. The smallest absolute Gasteiger partial charge is 0.226 e. The fraction of sp³-hybridized carbons (Fsp3) is 0.500. The van der Waals surface area contributed by atoms with Gasteiger partial charge in [-0.05, 0) is 44.5 Å². The second kappa shape index (κ2) is 10.2. The minimum Gasteiger partial charge on any atom is -0.491 e. The van der Waals surface area contributed by atoms with E-state index in [0.717, 1.165) is 48.6 Å². The van der Waals surface area contributed by atoms with E-state index in [9.17, 15) is 0 Å². The maximum atomic E-state index is 5.94. The van der Waals surface area contributed by atoms with Gasteiger partial charge in [0.2, 0.25) is 11.7 Å². The third-order valence-corrected chi connectivity index (χ3v) is 5.61. The van der Waals surface area contributed by atoms with Gasteiger partial charge in [0.15, 0.2) is 0 Å². The average Bonchev–Trinajstić information content (AvgIpc) is 3.45. The molecule has 32 heavy (non-hydrogen) atoms. The highest BCUT2D eigenvalue weighted by Gasteiger charge is 2.28. The fourth-order valence-electron chi connectivity index (χ4n) is 4.17. The van der Waals surface area contributed by atoms with E-state index in [1.807, 2.05) is 20.8 Å². The molecular weight excluding hydrogens is 406 g/mol. The van der Waals surface area contributed by atoms with Crippen molar-refractivity contribution >= 4 is 0 Å². The Hall–Kier alpha value is -2.84. The van der Waals surface area contributed by atoms with Crippen LogP contribution in [0.1, 0.15) is 55.8 Å². The van der Waals surface area contributed by atoms with Crippen molar-refractivity contribution < 1.29 is 14.0 Å². The first kappa shape index (κ1) is 22.4. The van der Waals surface area contributed by atoms with Gasteiger partial charge in [-0.15, -0.1) is 0 Å². The van der Waals surface area contributed by atoms with E-state index < -0.39 is 0 Å². The molecule has 3 heterocycles. The molecule has 1 aliphatic heterocycles. The molecule has 0 bridgehead atoms. The SMILES string of the molecule is CCc1nc(-c2cncnc2C2CCN(Cc3ccc(OC(C)C)c(COC)c3)C2)no1. The lowest BCUT2D eigenvalue weighted by molar-refractivity contribution is 0.174. The lowest BCUT2D eigenvalue weighted by atomic mass is 10.00. The van der Waals surface area contributed by atoms with Crippen LogP contribution >= 0.6 is 0 Å². The molecule has 0 N–H and O–H groups in total. The second-order valence-electron chi connectivity index (χ2n) is 8.45. The molecule has 1 atom stereocenters. The van der Waals surface area contributed by atoms with E-state index in [2.05, 4.69) is 43.2 Å². The Kier molecular flexibility index (Phi) is 7.12. The third-order valence-electron chi connectivity index (χ3n) is 5.61. The number of ether oxygens (including phenoxy) is 2. The molecule has 8 heteroatoms. The maximum absolute atomic E-state index is 5.94. The van der Waals surface area contributed by atoms with Gasteiger partial charge in [0.05, 0.1) is 24.0 Å². The Bertz CT molecular complexity index is 1040. The van der Waals surface area contributed by atoms with Gasteiger partial charge in [0.25, 0.3) is 0 Å². The molecule has 170 valence electrons. The normalized spacial score (nSPS) is 16.7. The Labute approximate surface area is 189 Å². The van der Waals surface area contributed by atoms with Crippen molar-refractivity contribution in [1.29, 1.82) is 0 Å². The number of aromatic nitrogens is 4. The summed E-state index contributed by atoms with van der Waals surface area (Å²) in [5.74, 6) is 2.39. The summed E-state index contributed by atoms with van der Waals surface area (Å²) in [7, 11) is 1.71. The largest absolute Gasteiger partial charge is 0.491 e. The first-order valence-electron chi connectivity index (χ1n) is 11.2. The molecule has 1 aliphatic rings. The minimum absolute atomic E-state index is 0.130. The molecule has 3 aromatic rings. The highest BCUT2D eigenvalue weighted by molar-refractivity contribution is 5.57. The summed E-state index contributed by atoms with van der Waals surface area (Å²) in [6, 6.07) is 6.39. The van der Waals surface area contributed by atoms with Gasteiger partial charge < -0.3 is 14.0 Å². The molecule has 0 saturated carbocycles. The van der Waals surface area contributed by atoms with Gasteiger partial charge >= 0.3 is 0 Å². The number of hydrogen-bond acceptors (Lipinski definition) is 8. The standard InChI is InChI=1S/C24H31N5O3/c1-5-22-27-24(28-32-22)20-11-25-15-26-23(20)18-8-9-29(13-18)12-17-6-7-21(31-16(2)3)19(10-17)14-30-4/h6-7,10-11,15-16,18H,5,8-9,12-14H2,1-4H3. The Morgan fingerprint density at radius 2 is 2.16 bits per heavy atom. The van der Waals surface area contributed by atoms with E-state index in [-0.39, 0.29) is 6.10 Å². The number of aryl methyl sites for hydroxylation is 1. The Morgan fingerprint density at radius 3 is 2.91 bits per heavy atom. The molecule has 0 spiro atoms. The van der Waals surface area contributed by atoms with Crippen molar-refractivity contribution in [2.45, 2.75) is 58.8 Å². The van der Waals surface area contributed by atoms with E-state index >= 15 is 0 Å². The lowest BCUT2D eigenvalue weighted by Gasteiger charge is -2.19. The monoisotopic (exact) mass is 437 g/mol. The number of nitrogens with zero attached hydrogens (tertiary/aromatic N) is 5. The summed E-state index contributed by atoms with van der Waals surface area (Å²) >= 11 is 0. The summed E-state index contributed by atoms with van der Waals surface area (Å²) in [6.07, 6.45) is 5.26. The summed E-state index contributed by atoms with van der Waals surface area (Å²) in [5, 5.41) is 4.13. The number of benzene rings is 1. The summed E-state index contributed by atoms with van der Waals surface area (Å²) in [5.41, 5.74) is 4.19. The van der Waals surface area contributed by atoms with Crippen LogP contribution in [0.25, 0.3) is 11.4 Å². The van der Waals surface area contributed by atoms with E-state index in [0.29, 0.717) is 30.7 Å². The van der Waals surface area contributed by atoms with Crippen LogP contribution in [0.3, 0.4) is 0 Å². The van der Waals surface area contributed by atoms with Crippen molar-refractivity contribution in [2.75, 3.05) is 20.2 Å². The predicted molar refractivity (Wildman–Crippen MR) is 120 cm³/mol. The average molecular weight is 438 g/mol. The molecule has 1 fully saturated rings. The van der Waals surface area contributed by atoms with Crippen LogP contribution in [0.4, 0.5) is 0 Å². The van der Waals surface area contributed by atoms with Crippen LogP contribution in [0.2, 0.25) is 0 Å². The maximum Gasteiger partial charge on any atom is 0.226 e. The number of hydrogen-bond donors (Lipinski definition) is 0. The van der Waals surface area contributed by atoms with Gasteiger partial charge in [0.1, 0.15) is 12.1 Å². The molecule has 1 aromatic carbocycles. The van der Waals surface area contributed by atoms with Crippen molar-refractivity contribution in [2.24, 2.45) is 0 Å². The number of rotatable bonds is 9. The molecular formula is C24H31N5O3. The zero-order valence-corrected chi connectivity index (χ0v) is 19.2. The van der Waals surface area contributed by atoms with Gasteiger partial charge in [-0.25, -0.2) is 9.97 Å². The molecule has 4 rings (SSSR count). The van der Waals surface area contributed by atoms with Crippen molar-refractivity contribution in [3.8, 4) is 17.1 Å². The van der Waals surface area contributed by atoms with E-state index in [1.165, 1.54) is 5.56 Å². The first-order valence-corrected chi connectivity index (χ1v) is 11.2. The summed E-state index contributed by atoms with van der Waals surface area (Å²) in [6.45, 7) is 9.40. The first-order chi connectivity index (χ1) is 15.6. The minimum atomic E-state index is 0.130. The fourth-order valence-corrected chi connectivity index (χ4v) is 4.17. The quantitative estimate of drug-likeness (QED) is 0.496. The zero-order chi connectivity index (χ0) is 22.5. The molecule has 1 saturated heterocycles. The Morgan fingerprint density at radius 1 is 1.28 bits per heavy atom. The summed E-state index contributed by atoms with van der Waals surface area (Å²) < 4.78 is 16.6.